The quantitative estimate of drug-likeness (QED) is 0.475. The second kappa shape index (κ2) is 7.04. The zero-order valence-corrected chi connectivity index (χ0v) is 12.4. The van der Waals surface area contributed by atoms with Crippen LogP contribution in [0.3, 0.4) is 0 Å². The van der Waals surface area contributed by atoms with Gasteiger partial charge >= 0.3 is 5.97 Å². The van der Waals surface area contributed by atoms with E-state index in [1.165, 1.54) is 6.92 Å². The molecule has 2 aromatic rings. The first-order valence-corrected chi connectivity index (χ1v) is 6.98. The van der Waals surface area contributed by atoms with E-state index < -0.39 is 0 Å². The van der Waals surface area contributed by atoms with Gasteiger partial charge in [-0.2, -0.15) is 0 Å². The number of esters is 1. The van der Waals surface area contributed by atoms with Gasteiger partial charge in [0, 0.05) is 17.0 Å². The van der Waals surface area contributed by atoms with Gasteiger partial charge in [-0.3, -0.25) is 9.59 Å². The van der Waals surface area contributed by atoms with E-state index >= 15 is 0 Å². The average molecular weight is 303 g/mol. The number of carbonyl (C=O) groups excluding carboxylic acids is 2. The maximum Gasteiger partial charge on any atom is 0.311 e. The molecule has 0 aromatic heterocycles. The van der Waals surface area contributed by atoms with E-state index in [0.717, 1.165) is 5.56 Å². The molecule has 4 heteroatoms. The van der Waals surface area contributed by atoms with Crippen LogP contribution in [0.2, 0.25) is 5.02 Å². The van der Waals surface area contributed by atoms with E-state index in [2.05, 4.69) is 0 Å². The fourth-order valence-electron chi connectivity index (χ4n) is 1.84. The molecule has 0 fully saturated rings. The van der Waals surface area contributed by atoms with Crippen molar-refractivity contribution in [1.29, 1.82) is 0 Å². The molecule has 3 nitrogen and oxygen atoms in total. The Hall–Kier alpha value is -2.13. The molecule has 0 unspecified atom stereocenters. The van der Waals surface area contributed by atoms with Crippen LogP contribution in [-0.4, -0.2) is 11.8 Å². The van der Waals surface area contributed by atoms with Gasteiger partial charge in [0.15, 0.2) is 5.78 Å². The molecule has 0 atom stereocenters. The van der Waals surface area contributed by atoms with Crippen molar-refractivity contribution in [3.8, 4) is 5.75 Å². The summed E-state index contributed by atoms with van der Waals surface area (Å²) in [6.45, 7) is 1.49. The highest BCUT2D eigenvalue weighted by molar-refractivity contribution is 6.30. The molecule has 0 bridgehead atoms. The van der Waals surface area contributed by atoms with Crippen LogP contribution >= 0.6 is 11.6 Å². The lowest BCUT2D eigenvalue weighted by Gasteiger charge is -2.05. The monoisotopic (exact) mass is 302 g/mol. The van der Waals surface area contributed by atoms with E-state index in [9.17, 15) is 9.59 Å². The number of hydrogen-bond acceptors (Lipinski definition) is 3. The smallest absolute Gasteiger partial charge is 0.311 e. The molecule has 0 spiro atoms. The van der Waals surface area contributed by atoms with E-state index in [1.807, 2.05) is 12.1 Å². The number of carbonyl (C=O) groups is 2. The Morgan fingerprint density at radius 2 is 1.62 bits per heavy atom. The number of Topliss-reactive ketones (excluding diaryl/α,β-unsaturated/α-hetero) is 1. The van der Waals surface area contributed by atoms with Gasteiger partial charge in [0.2, 0.25) is 0 Å². The van der Waals surface area contributed by atoms with Gasteiger partial charge in [-0.25, -0.2) is 0 Å². The van der Waals surface area contributed by atoms with Crippen molar-refractivity contribution < 1.29 is 14.3 Å². The fraction of sp³-hybridized carbons (Fsp3) is 0.176. The Labute approximate surface area is 128 Å². The number of halogens is 1. The van der Waals surface area contributed by atoms with Crippen LogP contribution in [0.5, 0.6) is 5.75 Å². The van der Waals surface area contributed by atoms with Crippen molar-refractivity contribution in [3.05, 3.63) is 64.7 Å². The lowest BCUT2D eigenvalue weighted by Crippen LogP contribution is -2.09. The van der Waals surface area contributed by atoms with Crippen molar-refractivity contribution in [2.75, 3.05) is 0 Å². The van der Waals surface area contributed by atoms with Crippen molar-refractivity contribution in [2.45, 2.75) is 19.8 Å². The molecular weight excluding hydrogens is 288 g/mol. The summed E-state index contributed by atoms with van der Waals surface area (Å²) in [5.74, 6) is 0.122. The second-order valence-corrected chi connectivity index (χ2v) is 5.12. The largest absolute Gasteiger partial charge is 0.427 e. The van der Waals surface area contributed by atoms with Crippen molar-refractivity contribution in [1.82, 2.24) is 0 Å². The molecule has 0 aliphatic carbocycles. The third kappa shape index (κ3) is 4.72. The van der Waals surface area contributed by atoms with Crippen LogP contribution < -0.4 is 4.74 Å². The van der Waals surface area contributed by atoms with Crippen LogP contribution in [-0.2, 0) is 11.2 Å². The molecule has 0 aliphatic rings. The zero-order chi connectivity index (χ0) is 15.2. The lowest BCUT2D eigenvalue weighted by molar-refractivity contribution is -0.134. The molecule has 0 radical (unpaired) electrons. The van der Waals surface area contributed by atoms with Crippen LogP contribution in [0.25, 0.3) is 0 Å². The number of aryl methyl sites for hydroxylation is 1. The third-order valence-electron chi connectivity index (χ3n) is 3.02. The predicted octanol–water partition coefficient (Wildman–Crippen LogP) is 4.08. The molecule has 0 heterocycles. The topological polar surface area (TPSA) is 43.4 Å². The van der Waals surface area contributed by atoms with Gasteiger partial charge in [-0.1, -0.05) is 23.7 Å². The summed E-state index contributed by atoms with van der Waals surface area (Å²) >= 11 is 5.80. The number of ether oxygens (including phenoxy) is 1. The average Bonchev–Trinajstić information content (AvgIpc) is 2.47. The summed E-state index contributed by atoms with van der Waals surface area (Å²) in [7, 11) is 0. The van der Waals surface area contributed by atoms with Crippen LogP contribution in [0.4, 0.5) is 0 Å². The minimum absolute atomic E-state index is 0.0179. The molecule has 0 aliphatic heterocycles. The van der Waals surface area contributed by atoms with Crippen molar-refractivity contribution in [3.63, 3.8) is 0 Å². The fourth-order valence-corrected chi connectivity index (χ4v) is 1.96. The van der Waals surface area contributed by atoms with E-state index in [1.54, 1.807) is 36.4 Å². The van der Waals surface area contributed by atoms with Gasteiger partial charge in [-0.05, 0) is 55.3 Å². The number of benzene rings is 2. The number of ketones is 1. The van der Waals surface area contributed by atoms with Crippen molar-refractivity contribution >= 4 is 23.4 Å². The summed E-state index contributed by atoms with van der Waals surface area (Å²) in [5, 5.41) is 0.673. The van der Waals surface area contributed by atoms with Gasteiger partial charge in [-0.15, -0.1) is 0 Å². The Kier molecular flexibility index (Phi) is 5.12. The molecule has 108 valence electrons. The van der Waals surface area contributed by atoms with E-state index in [-0.39, 0.29) is 18.2 Å². The van der Waals surface area contributed by atoms with Gasteiger partial charge in [0.05, 0.1) is 0 Å². The molecule has 0 amide bonds. The molecule has 21 heavy (non-hydrogen) atoms. The first-order chi connectivity index (χ1) is 10.0. The Morgan fingerprint density at radius 1 is 1.00 bits per heavy atom. The minimum atomic E-state index is -0.305. The normalized spacial score (nSPS) is 10.2. The Balaban J connectivity index is 1.86. The summed E-state index contributed by atoms with van der Waals surface area (Å²) in [4.78, 5) is 22.9. The zero-order valence-electron chi connectivity index (χ0n) is 11.6. The first kappa shape index (κ1) is 15.3. The number of hydrogen-bond donors (Lipinski definition) is 0. The summed E-state index contributed by atoms with van der Waals surface area (Å²) in [6.07, 6.45) is 0.887. The van der Waals surface area contributed by atoms with Gasteiger partial charge < -0.3 is 4.74 Å². The molecule has 0 saturated heterocycles. The standard InChI is InChI=1S/C17H15ClO3/c1-12(19)14-5-9-16(10-6-14)21-17(20)11-4-13-2-7-15(18)8-3-13/h2-3,5-10H,4,11H2,1H3. The summed E-state index contributed by atoms with van der Waals surface area (Å²) in [6, 6.07) is 13.9. The second-order valence-electron chi connectivity index (χ2n) is 4.68. The summed E-state index contributed by atoms with van der Waals surface area (Å²) < 4.78 is 5.22. The highest BCUT2D eigenvalue weighted by atomic mass is 35.5. The van der Waals surface area contributed by atoms with E-state index in [4.69, 9.17) is 16.3 Å². The Bertz CT molecular complexity index is 630. The molecule has 0 saturated carbocycles. The molecule has 2 rings (SSSR count). The molecular formula is C17H15ClO3. The van der Waals surface area contributed by atoms with Crippen LogP contribution in [0.15, 0.2) is 48.5 Å². The van der Waals surface area contributed by atoms with Crippen LogP contribution in [0, 0.1) is 0 Å². The summed E-state index contributed by atoms with van der Waals surface area (Å²) in [5.41, 5.74) is 1.62. The SMILES string of the molecule is CC(=O)c1ccc(OC(=O)CCc2ccc(Cl)cc2)cc1. The minimum Gasteiger partial charge on any atom is -0.427 e. The molecule has 0 N–H and O–H groups in total. The van der Waals surface area contributed by atoms with Crippen LogP contribution in [0.1, 0.15) is 29.3 Å². The number of rotatable bonds is 5. The predicted molar refractivity (Wildman–Crippen MR) is 81.9 cm³/mol. The van der Waals surface area contributed by atoms with Crippen molar-refractivity contribution in [2.24, 2.45) is 0 Å². The van der Waals surface area contributed by atoms with Gasteiger partial charge in [0.1, 0.15) is 5.75 Å². The van der Waals surface area contributed by atoms with Gasteiger partial charge in [0.25, 0.3) is 0 Å². The first-order valence-electron chi connectivity index (χ1n) is 6.61. The highest BCUT2D eigenvalue weighted by Gasteiger charge is 2.06. The maximum atomic E-state index is 11.8. The molecule has 2 aromatic carbocycles. The maximum absolute atomic E-state index is 11.8. The van der Waals surface area contributed by atoms with E-state index in [0.29, 0.717) is 22.8 Å². The lowest BCUT2D eigenvalue weighted by atomic mass is 10.1. The third-order valence-corrected chi connectivity index (χ3v) is 3.28. The highest BCUT2D eigenvalue weighted by Crippen LogP contribution is 2.15. The Morgan fingerprint density at radius 3 is 2.19 bits per heavy atom.